The van der Waals surface area contributed by atoms with E-state index >= 15 is 0 Å². The third kappa shape index (κ3) is 2.76. The van der Waals surface area contributed by atoms with Gasteiger partial charge in [-0.2, -0.15) is 0 Å². The summed E-state index contributed by atoms with van der Waals surface area (Å²) in [7, 11) is 1.62. The number of carbonyl (C=O) groups excluding carboxylic acids is 1. The van der Waals surface area contributed by atoms with Gasteiger partial charge in [0.1, 0.15) is 17.8 Å². The predicted molar refractivity (Wildman–Crippen MR) is 73.6 cm³/mol. The van der Waals surface area contributed by atoms with Crippen molar-refractivity contribution in [2.75, 3.05) is 20.2 Å². The molecule has 0 radical (unpaired) electrons. The van der Waals surface area contributed by atoms with Gasteiger partial charge in [0, 0.05) is 7.05 Å². The topological polar surface area (TPSA) is 66.8 Å². The van der Waals surface area contributed by atoms with Crippen LogP contribution in [-0.2, 0) is 9.59 Å². The molecule has 1 aliphatic rings. The Bertz CT molecular complexity index is 522. The number of rotatable bonds is 6. The van der Waals surface area contributed by atoms with E-state index in [1.54, 1.807) is 7.05 Å². The molecule has 0 heterocycles. The zero-order valence-electron chi connectivity index (χ0n) is 11.8. The normalized spacial score (nSPS) is 15.5. The van der Waals surface area contributed by atoms with Crippen molar-refractivity contribution in [2.45, 2.75) is 19.8 Å². The Kier molecular flexibility index (Phi) is 3.97. The number of para-hydroxylation sites is 1. The van der Waals surface area contributed by atoms with E-state index in [2.05, 4.69) is 0 Å². The lowest BCUT2D eigenvalue weighted by Crippen LogP contribution is -2.40. The summed E-state index contributed by atoms with van der Waals surface area (Å²) in [6, 6.07) is 7.65. The Morgan fingerprint density at radius 2 is 2.00 bits per heavy atom. The van der Waals surface area contributed by atoms with Gasteiger partial charge in [-0.3, -0.25) is 9.59 Å². The fourth-order valence-corrected chi connectivity index (χ4v) is 2.12. The second-order valence-corrected chi connectivity index (χ2v) is 5.23. The number of carboxylic acids is 1. The van der Waals surface area contributed by atoms with Crippen molar-refractivity contribution in [2.24, 2.45) is 5.41 Å². The van der Waals surface area contributed by atoms with Crippen LogP contribution in [-0.4, -0.2) is 42.1 Å². The summed E-state index contributed by atoms with van der Waals surface area (Å²) in [5.74, 6) is -0.555. The van der Waals surface area contributed by atoms with E-state index in [-0.39, 0.29) is 5.91 Å². The summed E-state index contributed by atoms with van der Waals surface area (Å²) in [6.45, 7) is 2.68. The number of likely N-dealkylation sites (N-methyl/N-ethyl adjacent to an activating group) is 1. The molecule has 20 heavy (non-hydrogen) atoms. The van der Waals surface area contributed by atoms with Crippen LogP contribution in [0, 0.1) is 12.3 Å². The standard InChI is InChI=1S/C15H19NO4/c1-11-5-3-4-6-12(11)20-10-9-16(2)13(17)15(7-8-15)14(18)19/h3-6H,7-10H2,1-2H3,(H,18,19). The largest absolute Gasteiger partial charge is 0.491 e. The molecule has 0 aliphatic heterocycles. The van der Waals surface area contributed by atoms with Crippen molar-refractivity contribution in [3.63, 3.8) is 0 Å². The van der Waals surface area contributed by atoms with Gasteiger partial charge in [-0.05, 0) is 31.4 Å². The van der Waals surface area contributed by atoms with Crippen molar-refractivity contribution in [3.05, 3.63) is 29.8 Å². The molecule has 0 aromatic heterocycles. The van der Waals surface area contributed by atoms with E-state index in [0.717, 1.165) is 11.3 Å². The molecular weight excluding hydrogens is 258 g/mol. The lowest BCUT2D eigenvalue weighted by atomic mass is 10.1. The molecule has 1 N–H and O–H groups in total. The highest BCUT2D eigenvalue weighted by molar-refractivity contribution is 6.04. The first-order valence-corrected chi connectivity index (χ1v) is 6.65. The molecule has 0 atom stereocenters. The van der Waals surface area contributed by atoms with Crippen molar-refractivity contribution >= 4 is 11.9 Å². The molecule has 1 amide bonds. The Hall–Kier alpha value is -2.04. The molecule has 1 aromatic rings. The summed E-state index contributed by atoms with van der Waals surface area (Å²) in [4.78, 5) is 24.6. The first kappa shape index (κ1) is 14.4. The van der Waals surface area contributed by atoms with Gasteiger partial charge < -0.3 is 14.7 Å². The van der Waals surface area contributed by atoms with Crippen molar-refractivity contribution in [3.8, 4) is 5.75 Å². The maximum Gasteiger partial charge on any atom is 0.319 e. The average molecular weight is 277 g/mol. The molecule has 108 valence electrons. The number of carbonyl (C=O) groups is 2. The van der Waals surface area contributed by atoms with Crippen LogP contribution in [0.15, 0.2) is 24.3 Å². The minimum Gasteiger partial charge on any atom is -0.491 e. The highest BCUT2D eigenvalue weighted by Gasteiger charge is 2.58. The SMILES string of the molecule is Cc1ccccc1OCCN(C)C(=O)C1(C(=O)O)CC1. The predicted octanol–water partition coefficient (Wildman–Crippen LogP) is 1.70. The molecule has 1 aliphatic carbocycles. The number of aliphatic carboxylic acids is 1. The zero-order chi connectivity index (χ0) is 14.8. The van der Waals surface area contributed by atoms with Gasteiger partial charge in [0.05, 0.1) is 6.54 Å². The highest BCUT2D eigenvalue weighted by atomic mass is 16.5. The molecule has 5 nitrogen and oxygen atoms in total. The molecular formula is C15H19NO4. The average Bonchev–Trinajstić information content (AvgIpc) is 3.21. The molecule has 0 saturated heterocycles. The molecule has 0 bridgehead atoms. The van der Waals surface area contributed by atoms with Gasteiger partial charge >= 0.3 is 5.97 Å². The Morgan fingerprint density at radius 3 is 2.55 bits per heavy atom. The number of aryl methyl sites for hydroxylation is 1. The molecule has 1 aromatic carbocycles. The van der Waals surface area contributed by atoms with Gasteiger partial charge in [0.25, 0.3) is 0 Å². The highest BCUT2D eigenvalue weighted by Crippen LogP contribution is 2.47. The van der Waals surface area contributed by atoms with Crippen LogP contribution < -0.4 is 4.74 Å². The molecule has 2 rings (SSSR count). The summed E-state index contributed by atoms with van der Waals surface area (Å²) in [5, 5.41) is 9.08. The van der Waals surface area contributed by atoms with E-state index in [9.17, 15) is 9.59 Å². The van der Waals surface area contributed by atoms with Gasteiger partial charge in [-0.1, -0.05) is 18.2 Å². The lowest BCUT2D eigenvalue weighted by molar-refractivity contribution is -0.153. The van der Waals surface area contributed by atoms with Crippen LogP contribution in [0.5, 0.6) is 5.75 Å². The maximum atomic E-state index is 12.1. The van der Waals surface area contributed by atoms with Crippen LogP contribution in [0.25, 0.3) is 0 Å². The third-order valence-corrected chi connectivity index (χ3v) is 3.69. The molecule has 0 unspecified atom stereocenters. The third-order valence-electron chi connectivity index (χ3n) is 3.69. The lowest BCUT2D eigenvalue weighted by Gasteiger charge is -2.21. The Morgan fingerprint density at radius 1 is 1.35 bits per heavy atom. The number of carboxylic acid groups (broad SMARTS) is 1. The van der Waals surface area contributed by atoms with Crippen LogP contribution >= 0.6 is 0 Å². The minimum absolute atomic E-state index is 0.321. The van der Waals surface area contributed by atoms with Gasteiger partial charge in [0.15, 0.2) is 0 Å². The van der Waals surface area contributed by atoms with E-state index in [1.807, 2.05) is 31.2 Å². The number of ether oxygens (including phenoxy) is 1. The Labute approximate surface area is 118 Å². The van der Waals surface area contributed by atoms with Crippen LogP contribution in [0.1, 0.15) is 18.4 Å². The summed E-state index contributed by atoms with van der Waals surface area (Å²) >= 11 is 0. The van der Waals surface area contributed by atoms with Gasteiger partial charge in [0.2, 0.25) is 5.91 Å². The van der Waals surface area contributed by atoms with Gasteiger partial charge in [-0.25, -0.2) is 0 Å². The van der Waals surface area contributed by atoms with Crippen molar-refractivity contribution < 1.29 is 19.4 Å². The van der Waals surface area contributed by atoms with E-state index in [0.29, 0.717) is 26.0 Å². The quantitative estimate of drug-likeness (QED) is 0.804. The van der Waals surface area contributed by atoms with Crippen molar-refractivity contribution in [1.82, 2.24) is 4.90 Å². The monoisotopic (exact) mass is 277 g/mol. The number of hydrogen-bond donors (Lipinski definition) is 1. The Balaban J connectivity index is 1.84. The zero-order valence-corrected chi connectivity index (χ0v) is 11.8. The van der Waals surface area contributed by atoms with Gasteiger partial charge in [-0.15, -0.1) is 0 Å². The number of hydrogen-bond acceptors (Lipinski definition) is 3. The summed E-state index contributed by atoms with van der Waals surface area (Å²) in [5.41, 5.74) is -0.136. The molecule has 0 spiro atoms. The van der Waals surface area contributed by atoms with Crippen molar-refractivity contribution in [1.29, 1.82) is 0 Å². The van der Waals surface area contributed by atoms with E-state index in [4.69, 9.17) is 9.84 Å². The first-order valence-electron chi connectivity index (χ1n) is 6.65. The molecule has 1 saturated carbocycles. The number of nitrogens with zero attached hydrogens (tertiary/aromatic N) is 1. The first-order chi connectivity index (χ1) is 9.47. The smallest absolute Gasteiger partial charge is 0.319 e. The number of amides is 1. The maximum absolute atomic E-state index is 12.1. The van der Waals surface area contributed by atoms with Crippen LogP contribution in [0.4, 0.5) is 0 Å². The summed E-state index contributed by atoms with van der Waals surface area (Å²) in [6.07, 6.45) is 0.869. The minimum atomic E-state index is -1.17. The second kappa shape index (κ2) is 5.53. The summed E-state index contributed by atoms with van der Waals surface area (Å²) < 4.78 is 5.61. The van der Waals surface area contributed by atoms with Crippen LogP contribution in [0.3, 0.4) is 0 Å². The molecule has 1 fully saturated rings. The number of benzene rings is 1. The van der Waals surface area contributed by atoms with Crippen LogP contribution in [0.2, 0.25) is 0 Å². The van der Waals surface area contributed by atoms with E-state index in [1.165, 1.54) is 4.90 Å². The van der Waals surface area contributed by atoms with E-state index < -0.39 is 11.4 Å². The fourth-order valence-electron chi connectivity index (χ4n) is 2.12. The second-order valence-electron chi connectivity index (χ2n) is 5.23. The fraction of sp³-hybridized carbons (Fsp3) is 0.467. The molecule has 5 heteroatoms.